The Morgan fingerprint density at radius 3 is 2.44 bits per heavy atom. The number of anilines is 2. The summed E-state index contributed by atoms with van der Waals surface area (Å²) in [4.78, 5) is 20.8. The van der Waals surface area contributed by atoms with Crippen molar-refractivity contribution in [3.63, 3.8) is 0 Å². The third-order valence-corrected chi connectivity index (χ3v) is 3.98. The van der Waals surface area contributed by atoms with Crippen LogP contribution in [-0.4, -0.2) is 22.4 Å². The van der Waals surface area contributed by atoms with Gasteiger partial charge < -0.3 is 10.6 Å². The third-order valence-electron chi connectivity index (χ3n) is 3.98. The Balaban J connectivity index is 1.60. The Morgan fingerprint density at radius 2 is 1.74 bits per heavy atom. The quantitative estimate of drug-likeness (QED) is 0.695. The molecule has 0 spiro atoms. The van der Waals surface area contributed by atoms with Crippen molar-refractivity contribution in [2.24, 2.45) is 0 Å². The van der Waals surface area contributed by atoms with Gasteiger partial charge in [0.05, 0.1) is 0 Å². The van der Waals surface area contributed by atoms with Crippen molar-refractivity contribution in [3.05, 3.63) is 82.9 Å². The number of aromatic nitrogens is 2. The Labute approximate surface area is 157 Å². The van der Waals surface area contributed by atoms with Gasteiger partial charge in [0.1, 0.15) is 11.5 Å². The second kappa shape index (κ2) is 8.40. The van der Waals surface area contributed by atoms with Gasteiger partial charge in [-0.15, -0.1) is 0 Å². The number of rotatable bonds is 6. The van der Waals surface area contributed by atoms with Gasteiger partial charge in [-0.05, 0) is 67.3 Å². The molecule has 3 rings (SSSR count). The van der Waals surface area contributed by atoms with Crippen LogP contribution in [0.3, 0.4) is 0 Å². The van der Waals surface area contributed by atoms with E-state index in [9.17, 15) is 9.18 Å². The maximum Gasteiger partial charge on any atom is 0.270 e. The summed E-state index contributed by atoms with van der Waals surface area (Å²) < 4.78 is 12.9. The summed E-state index contributed by atoms with van der Waals surface area (Å²) in [7, 11) is 0. The van der Waals surface area contributed by atoms with E-state index in [1.807, 2.05) is 26.0 Å². The van der Waals surface area contributed by atoms with E-state index in [4.69, 9.17) is 0 Å². The standard InChI is InChI=1S/C21H21FN4O/c1-14-11-15(2)13-18(12-14)25-21-24-10-8-19(26-21)20(27)23-9-7-16-3-5-17(22)6-4-16/h3-6,8,10-13H,7,9H2,1-2H3,(H,23,27)(H,24,25,26). The lowest BCUT2D eigenvalue weighted by Gasteiger charge is -2.09. The Morgan fingerprint density at radius 1 is 1.04 bits per heavy atom. The van der Waals surface area contributed by atoms with Gasteiger partial charge in [-0.3, -0.25) is 4.79 Å². The predicted octanol–water partition coefficient (Wildman–Crippen LogP) is 3.95. The molecule has 0 atom stereocenters. The maximum atomic E-state index is 12.9. The minimum atomic E-state index is -0.275. The number of carbonyl (C=O) groups is 1. The van der Waals surface area contributed by atoms with E-state index in [1.165, 1.54) is 12.1 Å². The predicted molar refractivity (Wildman–Crippen MR) is 104 cm³/mol. The van der Waals surface area contributed by atoms with Crippen LogP contribution in [0, 0.1) is 19.7 Å². The van der Waals surface area contributed by atoms with Crippen LogP contribution < -0.4 is 10.6 Å². The molecule has 1 aromatic heterocycles. The zero-order chi connectivity index (χ0) is 19.2. The van der Waals surface area contributed by atoms with Gasteiger partial charge in [0.25, 0.3) is 5.91 Å². The first-order chi connectivity index (χ1) is 13.0. The largest absolute Gasteiger partial charge is 0.350 e. The van der Waals surface area contributed by atoms with Crippen molar-refractivity contribution in [3.8, 4) is 0 Å². The van der Waals surface area contributed by atoms with E-state index in [1.54, 1.807) is 24.4 Å². The fraction of sp³-hybridized carbons (Fsp3) is 0.190. The summed E-state index contributed by atoms with van der Waals surface area (Å²) in [6.07, 6.45) is 2.16. The minimum absolute atomic E-state index is 0.271. The van der Waals surface area contributed by atoms with Crippen molar-refractivity contribution in [1.82, 2.24) is 15.3 Å². The van der Waals surface area contributed by atoms with Gasteiger partial charge in [0.15, 0.2) is 0 Å². The Kier molecular flexibility index (Phi) is 5.76. The van der Waals surface area contributed by atoms with Crippen LogP contribution in [0.2, 0.25) is 0 Å². The number of nitrogens with one attached hydrogen (secondary N) is 2. The number of benzene rings is 2. The number of hydrogen-bond donors (Lipinski definition) is 2. The van der Waals surface area contributed by atoms with E-state index < -0.39 is 0 Å². The van der Waals surface area contributed by atoms with Crippen LogP contribution in [0.1, 0.15) is 27.2 Å². The molecular weight excluding hydrogens is 343 g/mol. The maximum absolute atomic E-state index is 12.9. The highest BCUT2D eigenvalue weighted by atomic mass is 19.1. The van der Waals surface area contributed by atoms with Crippen LogP contribution in [0.25, 0.3) is 0 Å². The fourth-order valence-corrected chi connectivity index (χ4v) is 2.78. The lowest BCUT2D eigenvalue weighted by atomic mass is 10.1. The first-order valence-electron chi connectivity index (χ1n) is 8.70. The zero-order valence-electron chi connectivity index (χ0n) is 15.3. The molecule has 27 heavy (non-hydrogen) atoms. The van der Waals surface area contributed by atoms with Gasteiger partial charge in [0.2, 0.25) is 5.95 Å². The van der Waals surface area contributed by atoms with Gasteiger partial charge in [-0.1, -0.05) is 18.2 Å². The van der Waals surface area contributed by atoms with Crippen molar-refractivity contribution >= 4 is 17.5 Å². The summed E-state index contributed by atoms with van der Waals surface area (Å²) in [5, 5.41) is 5.95. The molecule has 0 aliphatic carbocycles. The molecule has 3 aromatic rings. The second-order valence-electron chi connectivity index (χ2n) is 6.40. The third kappa shape index (κ3) is 5.34. The molecule has 0 unspecified atom stereocenters. The van der Waals surface area contributed by atoms with E-state index in [-0.39, 0.29) is 17.4 Å². The molecule has 0 saturated heterocycles. The van der Waals surface area contributed by atoms with E-state index >= 15 is 0 Å². The SMILES string of the molecule is Cc1cc(C)cc(Nc2nccc(C(=O)NCCc3ccc(F)cc3)n2)c1. The fourth-order valence-electron chi connectivity index (χ4n) is 2.78. The van der Waals surface area contributed by atoms with Crippen LogP contribution in [0.4, 0.5) is 16.0 Å². The van der Waals surface area contributed by atoms with Gasteiger partial charge >= 0.3 is 0 Å². The lowest BCUT2D eigenvalue weighted by Crippen LogP contribution is -2.26. The normalized spacial score (nSPS) is 10.5. The lowest BCUT2D eigenvalue weighted by molar-refractivity contribution is 0.0949. The van der Waals surface area contributed by atoms with Gasteiger partial charge in [-0.25, -0.2) is 14.4 Å². The highest BCUT2D eigenvalue weighted by molar-refractivity contribution is 5.92. The average Bonchev–Trinajstić information content (AvgIpc) is 2.62. The zero-order valence-corrected chi connectivity index (χ0v) is 15.3. The van der Waals surface area contributed by atoms with Crippen molar-refractivity contribution in [2.75, 3.05) is 11.9 Å². The van der Waals surface area contributed by atoms with Crippen LogP contribution >= 0.6 is 0 Å². The van der Waals surface area contributed by atoms with E-state index in [2.05, 4.69) is 26.7 Å². The second-order valence-corrected chi connectivity index (χ2v) is 6.40. The number of carbonyl (C=O) groups excluding carboxylic acids is 1. The topological polar surface area (TPSA) is 66.9 Å². The molecule has 0 fully saturated rings. The molecular formula is C21H21FN4O. The van der Waals surface area contributed by atoms with Crippen LogP contribution in [0.15, 0.2) is 54.7 Å². The smallest absolute Gasteiger partial charge is 0.270 e. The molecule has 0 bridgehead atoms. The summed E-state index contributed by atoms with van der Waals surface area (Å²) in [6, 6.07) is 13.9. The summed E-state index contributed by atoms with van der Waals surface area (Å²) in [5.74, 6) is -0.179. The molecule has 5 nitrogen and oxygen atoms in total. The highest BCUT2D eigenvalue weighted by Gasteiger charge is 2.09. The molecule has 0 aliphatic heterocycles. The van der Waals surface area contributed by atoms with Crippen LogP contribution in [-0.2, 0) is 6.42 Å². The van der Waals surface area contributed by atoms with Crippen LogP contribution in [0.5, 0.6) is 0 Å². The van der Waals surface area contributed by atoms with E-state index in [0.717, 1.165) is 22.4 Å². The Bertz CT molecular complexity index is 921. The highest BCUT2D eigenvalue weighted by Crippen LogP contribution is 2.17. The van der Waals surface area contributed by atoms with Crippen molar-refractivity contribution in [1.29, 1.82) is 0 Å². The Hall–Kier alpha value is -3.28. The first kappa shape index (κ1) is 18.5. The monoisotopic (exact) mass is 364 g/mol. The van der Waals surface area contributed by atoms with Gasteiger partial charge in [0, 0.05) is 18.4 Å². The summed E-state index contributed by atoms with van der Waals surface area (Å²) in [6.45, 7) is 4.47. The number of aryl methyl sites for hydroxylation is 2. The van der Waals surface area contributed by atoms with E-state index in [0.29, 0.717) is 18.9 Å². The molecule has 2 aromatic carbocycles. The molecule has 0 saturated carbocycles. The van der Waals surface area contributed by atoms with Gasteiger partial charge in [-0.2, -0.15) is 0 Å². The average molecular weight is 364 g/mol. The number of nitrogens with zero attached hydrogens (tertiary/aromatic N) is 2. The molecule has 0 radical (unpaired) electrons. The first-order valence-corrected chi connectivity index (χ1v) is 8.70. The summed E-state index contributed by atoms with van der Waals surface area (Å²) in [5.41, 5.74) is 4.38. The minimum Gasteiger partial charge on any atom is -0.350 e. The molecule has 0 aliphatic rings. The molecule has 2 N–H and O–H groups in total. The van der Waals surface area contributed by atoms with Crippen molar-refractivity contribution < 1.29 is 9.18 Å². The summed E-state index contributed by atoms with van der Waals surface area (Å²) >= 11 is 0. The van der Waals surface area contributed by atoms with Crippen molar-refractivity contribution in [2.45, 2.75) is 20.3 Å². The number of amides is 1. The molecule has 138 valence electrons. The number of halogens is 1. The molecule has 6 heteroatoms. The molecule has 1 amide bonds. The number of hydrogen-bond acceptors (Lipinski definition) is 4. The molecule has 1 heterocycles.